The average molecular weight is 246 g/mol. The standard InChI is InChI=1S/C14H20NOSi/c1-14(2,3)11-7-6-10-8-13(16-17(4)5)15-12(10)9-11/h6-9,15H,1-5H3. The second-order valence-corrected chi connectivity index (χ2v) is 7.72. The van der Waals surface area contributed by atoms with Gasteiger partial charge in [0, 0.05) is 17.0 Å². The van der Waals surface area contributed by atoms with Crippen LogP contribution in [0, 0.1) is 0 Å². The van der Waals surface area contributed by atoms with E-state index in [1.54, 1.807) is 0 Å². The van der Waals surface area contributed by atoms with Crippen molar-refractivity contribution in [2.75, 3.05) is 0 Å². The number of benzene rings is 1. The van der Waals surface area contributed by atoms with Crippen molar-refractivity contribution in [1.29, 1.82) is 0 Å². The molecule has 0 aliphatic carbocycles. The van der Waals surface area contributed by atoms with Gasteiger partial charge in [0.2, 0.25) is 0 Å². The number of hydrogen-bond donors (Lipinski definition) is 1. The lowest BCUT2D eigenvalue weighted by Crippen LogP contribution is -2.11. The lowest BCUT2D eigenvalue weighted by atomic mass is 9.87. The zero-order valence-electron chi connectivity index (χ0n) is 11.2. The Morgan fingerprint density at radius 2 is 1.82 bits per heavy atom. The fourth-order valence-corrected chi connectivity index (χ4v) is 2.39. The van der Waals surface area contributed by atoms with E-state index in [0.29, 0.717) is 0 Å². The predicted molar refractivity (Wildman–Crippen MR) is 75.1 cm³/mol. The summed E-state index contributed by atoms with van der Waals surface area (Å²) in [4.78, 5) is 3.34. The lowest BCUT2D eigenvalue weighted by Gasteiger charge is -2.18. The van der Waals surface area contributed by atoms with Crippen LogP contribution in [-0.4, -0.2) is 14.0 Å². The summed E-state index contributed by atoms with van der Waals surface area (Å²) in [6, 6.07) is 8.67. The van der Waals surface area contributed by atoms with Gasteiger partial charge in [0.05, 0.1) is 0 Å². The smallest absolute Gasteiger partial charge is 0.276 e. The number of fused-ring (bicyclic) bond motifs is 1. The first-order chi connectivity index (χ1) is 7.86. The number of hydrogen-bond acceptors (Lipinski definition) is 1. The van der Waals surface area contributed by atoms with Crippen molar-refractivity contribution in [2.45, 2.75) is 39.3 Å². The highest BCUT2D eigenvalue weighted by Gasteiger charge is 2.14. The third-order valence-electron chi connectivity index (χ3n) is 2.78. The van der Waals surface area contributed by atoms with Crippen LogP contribution in [0.3, 0.4) is 0 Å². The Kier molecular flexibility index (Phi) is 3.04. The van der Waals surface area contributed by atoms with E-state index in [-0.39, 0.29) is 5.41 Å². The van der Waals surface area contributed by atoms with Crippen LogP contribution in [0.25, 0.3) is 10.9 Å². The third kappa shape index (κ3) is 2.72. The second-order valence-electron chi connectivity index (χ2n) is 5.70. The summed E-state index contributed by atoms with van der Waals surface area (Å²) in [5.74, 6) is 0.893. The summed E-state index contributed by atoms with van der Waals surface area (Å²) in [7, 11) is -0.703. The maximum atomic E-state index is 5.77. The normalized spacial score (nSPS) is 12.4. The summed E-state index contributed by atoms with van der Waals surface area (Å²) in [6.45, 7) is 11.0. The van der Waals surface area contributed by atoms with E-state index in [9.17, 15) is 0 Å². The van der Waals surface area contributed by atoms with Gasteiger partial charge in [-0.2, -0.15) is 0 Å². The van der Waals surface area contributed by atoms with Crippen LogP contribution in [0.15, 0.2) is 24.3 Å². The van der Waals surface area contributed by atoms with Gasteiger partial charge < -0.3 is 9.41 Å². The zero-order chi connectivity index (χ0) is 12.6. The van der Waals surface area contributed by atoms with Crippen LogP contribution >= 0.6 is 0 Å². The van der Waals surface area contributed by atoms with E-state index in [2.05, 4.69) is 63.1 Å². The van der Waals surface area contributed by atoms with Gasteiger partial charge in [0.1, 0.15) is 0 Å². The van der Waals surface area contributed by atoms with Crippen LogP contribution in [0.5, 0.6) is 5.88 Å². The van der Waals surface area contributed by atoms with Gasteiger partial charge in [0.15, 0.2) is 5.88 Å². The molecule has 3 heteroatoms. The van der Waals surface area contributed by atoms with E-state index in [0.717, 1.165) is 11.4 Å². The minimum Gasteiger partial charge on any atom is -0.531 e. The molecule has 2 rings (SSSR count). The molecule has 2 nitrogen and oxygen atoms in total. The molecular formula is C14H20NOSi. The SMILES string of the molecule is C[Si](C)Oc1cc2ccc(C(C)(C)C)cc2[nH]1. The van der Waals surface area contributed by atoms with Crippen LogP contribution in [0.2, 0.25) is 13.1 Å². The van der Waals surface area contributed by atoms with E-state index in [1.165, 1.54) is 10.9 Å². The number of aromatic nitrogens is 1. The Hall–Kier alpha value is -1.22. The van der Waals surface area contributed by atoms with Gasteiger partial charge in [-0.15, -0.1) is 0 Å². The summed E-state index contributed by atoms with van der Waals surface area (Å²) in [5.41, 5.74) is 2.69. The van der Waals surface area contributed by atoms with Gasteiger partial charge in [-0.05, 0) is 30.1 Å². The summed E-state index contributed by atoms with van der Waals surface area (Å²) < 4.78 is 5.77. The molecule has 1 heterocycles. The molecule has 0 unspecified atom stereocenters. The van der Waals surface area contributed by atoms with Gasteiger partial charge in [0.25, 0.3) is 9.04 Å². The Morgan fingerprint density at radius 1 is 1.12 bits per heavy atom. The molecule has 0 aliphatic rings. The monoisotopic (exact) mass is 246 g/mol. The molecule has 1 aromatic carbocycles. The molecular weight excluding hydrogens is 226 g/mol. The van der Waals surface area contributed by atoms with Crippen molar-refractivity contribution in [1.82, 2.24) is 4.98 Å². The third-order valence-corrected chi connectivity index (χ3v) is 3.41. The van der Waals surface area contributed by atoms with Crippen molar-refractivity contribution in [3.8, 4) is 5.88 Å². The van der Waals surface area contributed by atoms with Crippen molar-refractivity contribution >= 4 is 19.9 Å². The van der Waals surface area contributed by atoms with Gasteiger partial charge in [-0.25, -0.2) is 0 Å². The molecule has 0 amide bonds. The highest BCUT2D eigenvalue weighted by atomic mass is 28.3. The van der Waals surface area contributed by atoms with Crippen molar-refractivity contribution in [3.63, 3.8) is 0 Å². The molecule has 2 aromatic rings. The molecule has 1 N–H and O–H groups in total. The van der Waals surface area contributed by atoms with Crippen LogP contribution in [0.4, 0.5) is 0 Å². The van der Waals surface area contributed by atoms with Crippen molar-refractivity contribution < 1.29 is 4.43 Å². The van der Waals surface area contributed by atoms with Gasteiger partial charge in [-0.1, -0.05) is 32.9 Å². The van der Waals surface area contributed by atoms with Gasteiger partial charge in [-0.3, -0.25) is 0 Å². The maximum absolute atomic E-state index is 5.77. The number of aromatic amines is 1. The van der Waals surface area contributed by atoms with Gasteiger partial charge >= 0.3 is 0 Å². The fourth-order valence-electron chi connectivity index (χ4n) is 1.84. The van der Waals surface area contributed by atoms with Crippen LogP contribution in [-0.2, 0) is 5.41 Å². The van der Waals surface area contributed by atoms with Crippen LogP contribution in [0.1, 0.15) is 26.3 Å². The Balaban J connectivity index is 2.41. The van der Waals surface area contributed by atoms with Crippen molar-refractivity contribution in [3.05, 3.63) is 29.8 Å². The highest BCUT2D eigenvalue weighted by Crippen LogP contribution is 2.28. The second kappa shape index (κ2) is 4.22. The Labute approximate surface area is 105 Å². The first kappa shape index (κ1) is 12.2. The molecule has 0 atom stereocenters. The summed E-state index contributed by atoms with van der Waals surface area (Å²) in [5, 5.41) is 1.22. The van der Waals surface area contributed by atoms with E-state index in [4.69, 9.17) is 4.43 Å². The Morgan fingerprint density at radius 3 is 2.41 bits per heavy atom. The lowest BCUT2D eigenvalue weighted by molar-refractivity contribution is 0.561. The first-order valence-corrected chi connectivity index (χ1v) is 8.38. The molecule has 17 heavy (non-hydrogen) atoms. The summed E-state index contributed by atoms with van der Waals surface area (Å²) in [6.07, 6.45) is 0. The summed E-state index contributed by atoms with van der Waals surface area (Å²) >= 11 is 0. The molecule has 0 fully saturated rings. The van der Waals surface area contributed by atoms with E-state index >= 15 is 0 Å². The Bertz CT molecular complexity index is 522. The van der Waals surface area contributed by atoms with Crippen LogP contribution < -0.4 is 4.43 Å². The topological polar surface area (TPSA) is 25.0 Å². The number of nitrogens with one attached hydrogen (secondary N) is 1. The fraction of sp³-hybridized carbons (Fsp3) is 0.429. The molecule has 0 aliphatic heterocycles. The number of rotatable bonds is 2. The highest BCUT2D eigenvalue weighted by molar-refractivity contribution is 6.49. The first-order valence-electron chi connectivity index (χ1n) is 5.97. The van der Waals surface area contributed by atoms with E-state index in [1.807, 2.05) is 0 Å². The van der Waals surface area contributed by atoms with Crippen molar-refractivity contribution in [2.24, 2.45) is 0 Å². The molecule has 0 bridgehead atoms. The van der Waals surface area contributed by atoms with E-state index < -0.39 is 9.04 Å². The molecule has 0 saturated heterocycles. The molecule has 0 saturated carbocycles. The molecule has 0 spiro atoms. The minimum absolute atomic E-state index is 0.185. The molecule has 91 valence electrons. The number of H-pyrrole nitrogens is 1. The largest absolute Gasteiger partial charge is 0.531 e. The maximum Gasteiger partial charge on any atom is 0.276 e. The quantitative estimate of drug-likeness (QED) is 0.793. The molecule has 1 radical (unpaired) electrons. The minimum atomic E-state index is -0.703. The predicted octanol–water partition coefficient (Wildman–Crippen LogP) is 4.10. The average Bonchev–Trinajstić information content (AvgIpc) is 2.55. The zero-order valence-corrected chi connectivity index (χ0v) is 12.2. The molecule has 1 aromatic heterocycles.